The number of aliphatic imine (C=N–C) groups is 2. The van der Waals surface area contributed by atoms with Gasteiger partial charge >= 0.3 is 0 Å². The number of aromatic nitrogens is 1. The summed E-state index contributed by atoms with van der Waals surface area (Å²) >= 11 is 0. The summed E-state index contributed by atoms with van der Waals surface area (Å²) in [5.41, 5.74) is 7.48. The molecule has 1 unspecified atom stereocenters. The molecule has 0 aliphatic carbocycles. The van der Waals surface area contributed by atoms with Crippen molar-refractivity contribution in [3.8, 4) is 22.4 Å². The van der Waals surface area contributed by atoms with Gasteiger partial charge in [-0.25, -0.2) is 9.98 Å². The van der Waals surface area contributed by atoms with Gasteiger partial charge in [0.05, 0.1) is 5.69 Å². The highest BCUT2D eigenvalue weighted by atomic mass is 15.2. The summed E-state index contributed by atoms with van der Waals surface area (Å²) in [7, 11) is 0. The summed E-state index contributed by atoms with van der Waals surface area (Å²) < 4.78 is 0. The third kappa shape index (κ3) is 4.57. The Morgan fingerprint density at radius 1 is 0.472 bits per heavy atom. The van der Waals surface area contributed by atoms with Crippen molar-refractivity contribution in [2.24, 2.45) is 9.98 Å². The lowest BCUT2D eigenvalue weighted by Crippen LogP contribution is -2.36. The van der Waals surface area contributed by atoms with E-state index in [4.69, 9.17) is 9.98 Å². The second-order valence-electron chi connectivity index (χ2n) is 8.60. The van der Waals surface area contributed by atoms with Crippen LogP contribution >= 0.6 is 0 Å². The molecule has 1 atom stereocenters. The Morgan fingerprint density at radius 2 is 1.06 bits per heavy atom. The Kier molecular flexibility index (Phi) is 5.91. The molecule has 0 saturated carbocycles. The van der Waals surface area contributed by atoms with E-state index in [1.807, 2.05) is 60.8 Å². The zero-order chi connectivity index (χ0) is 24.2. The standard InChI is InChI=1S/C32H24N4/c1-3-10-24(11-4-1)30-34-31(25-12-5-2-6-13-25)36-32(35-30)26-19-17-23(18-20-26)27-14-9-15-28(22-27)29-16-7-8-21-33-29/h1-22,30H,(H,34,35,36). The molecular formula is C32H24N4. The van der Waals surface area contributed by atoms with Crippen molar-refractivity contribution in [1.82, 2.24) is 10.3 Å². The molecule has 36 heavy (non-hydrogen) atoms. The van der Waals surface area contributed by atoms with Crippen LogP contribution in [0.3, 0.4) is 0 Å². The molecule has 1 N–H and O–H groups in total. The second-order valence-corrected chi connectivity index (χ2v) is 8.60. The van der Waals surface area contributed by atoms with Crippen LogP contribution in [0, 0.1) is 0 Å². The quantitative estimate of drug-likeness (QED) is 0.307. The maximum atomic E-state index is 4.96. The lowest BCUT2D eigenvalue weighted by molar-refractivity contribution is 0.756. The third-order valence-electron chi connectivity index (χ3n) is 6.20. The van der Waals surface area contributed by atoms with Crippen LogP contribution in [0.25, 0.3) is 22.4 Å². The Hall–Kier alpha value is -4.83. The highest BCUT2D eigenvalue weighted by Gasteiger charge is 2.20. The van der Waals surface area contributed by atoms with Gasteiger partial charge in [0.25, 0.3) is 0 Å². The summed E-state index contributed by atoms with van der Waals surface area (Å²) in [4.78, 5) is 14.4. The summed E-state index contributed by atoms with van der Waals surface area (Å²) in [5, 5.41) is 3.47. The van der Waals surface area contributed by atoms with Crippen LogP contribution < -0.4 is 5.32 Å². The van der Waals surface area contributed by atoms with Crippen LogP contribution in [0.5, 0.6) is 0 Å². The molecule has 0 amide bonds. The van der Waals surface area contributed by atoms with Crippen molar-refractivity contribution in [3.05, 3.63) is 150 Å². The van der Waals surface area contributed by atoms with Crippen molar-refractivity contribution in [1.29, 1.82) is 0 Å². The van der Waals surface area contributed by atoms with Crippen LogP contribution in [-0.4, -0.2) is 16.7 Å². The first kappa shape index (κ1) is 21.7. The Morgan fingerprint density at radius 3 is 1.75 bits per heavy atom. The summed E-state index contributed by atoms with van der Waals surface area (Å²) in [6, 6.07) is 43.4. The number of hydrogen-bond donors (Lipinski definition) is 1. The number of rotatable bonds is 5. The van der Waals surface area contributed by atoms with E-state index in [9.17, 15) is 0 Å². The topological polar surface area (TPSA) is 49.6 Å². The van der Waals surface area contributed by atoms with Crippen molar-refractivity contribution >= 4 is 11.7 Å². The van der Waals surface area contributed by atoms with Gasteiger partial charge in [-0.3, -0.25) is 4.98 Å². The molecule has 1 aliphatic rings. The highest BCUT2D eigenvalue weighted by molar-refractivity contribution is 6.15. The van der Waals surface area contributed by atoms with Gasteiger partial charge in [-0.05, 0) is 34.9 Å². The monoisotopic (exact) mass is 464 g/mol. The minimum atomic E-state index is -0.299. The van der Waals surface area contributed by atoms with Crippen molar-refractivity contribution in [3.63, 3.8) is 0 Å². The predicted molar refractivity (Wildman–Crippen MR) is 147 cm³/mol. The van der Waals surface area contributed by atoms with Crippen LogP contribution in [0.15, 0.2) is 144 Å². The fourth-order valence-corrected chi connectivity index (χ4v) is 4.33. The van der Waals surface area contributed by atoms with E-state index >= 15 is 0 Å². The predicted octanol–water partition coefficient (Wildman–Crippen LogP) is 6.91. The summed E-state index contributed by atoms with van der Waals surface area (Å²) in [5.74, 6) is 1.63. The normalized spacial score (nSPS) is 14.9. The molecule has 4 aromatic carbocycles. The van der Waals surface area contributed by atoms with Crippen LogP contribution in [0.1, 0.15) is 22.9 Å². The van der Waals surface area contributed by atoms with Gasteiger partial charge < -0.3 is 5.32 Å². The number of nitrogens with zero attached hydrogens (tertiary/aromatic N) is 3. The zero-order valence-corrected chi connectivity index (χ0v) is 19.6. The minimum Gasteiger partial charge on any atom is -0.324 e. The smallest absolute Gasteiger partial charge is 0.169 e. The first-order valence-electron chi connectivity index (χ1n) is 12.0. The molecule has 1 aromatic heterocycles. The fraction of sp³-hybridized carbons (Fsp3) is 0.0312. The highest BCUT2D eigenvalue weighted by Crippen LogP contribution is 2.27. The molecule has 172 valence electrons. The molecule has 0 fully saturated rings. The van der Waals surface area contributed by atoms with E-state index in [1.165, 1.54) is 0 Å². The van der Waals surface area contributed by atoms with Gasteiger partial charge in [0.2, 0.25) is 0 Å². The Balaban J connectivity index is 1.32. The van der Waals surface area contributed by atoms with Gasteiger partial charge in [-0.1, -0.05) is 109 Å². The van der Waals surface area contributed by atoms with Crippen LogP contribution in [0.4, 0.5) is 0 Å². The number of pyridine rings is 1. The molecule has 0 saturated heterocycles. The first-order valence-corrected chi connectivity index (χ1v) is 12.0. The molecule has 6 rings (SSSR count). The Bertz CT molecular complexity index is 1520. The van der Waals surface area contributed by atoms with E-state index in [-0.39, 0.29) is 6.17 Å². The van der Waals surface area contributed by atoms with Crippen molar-refractivity contribution in [2.75, 3.05) is 0 Å². The maximum Gasteiger partial charge on any atom is 0.169 e. The molecule has 2 heterocycles. The number of hydrogen-bond acceptors (Lipinski definition) is 4. The minimum absolute atomic E-state index is 0.299. The Labute approximate surface area is 210 Å². The van der Waals surface area contributed by atoms with E-state index in [1.54, 1.807) is 0 Å². The van der Waals surface area contributed by atoms with Crippen LogP contribution in [0.2, 0.25) is 0 Å². The molecule has 4 nitrogen and oxygen atoms in total. The molecule has 0 spiro atoms. The van der Waals surface area contributed by atoms with Crippen LogP contribution in [-0.2, 0) is 0 Å². The lowest BCUT2D eigenvalue weighted by Gasteiger charge is -2.22. The molecule has 5 aromatic rings. The maximum absolute atomic E-state index is 4.96. The van der Waals surface area contributed by atoms with Gasteiger partial charge in [-0.15, -0.1) is 0 Å². The van der Waals surface area contributed by atoms with Gasteiger partial charge in [0.15, 0.2) is 6.17 Å². The molecular weight excluding hydrogens is 440 g/mol. The molecule has 0 radical (unpaired) electrons. The molecule has 4 heteroatoms. The summed E-state index contributed by atoms with van der Waals surface area (Å²) in [6.07, 6.45) is 1.53. The number of nitrogens with one attached hydrogen (secondary N) is 1. The number of amidine groups is 2. The van der Waals surface area contributed by atoms with Gasteiger partial charge in [-0.2, -0.15) is 0 Å². The average molecular weight is 465 g/mol. The van der Waals surface area contributed by atoms with Crippen molar-refractivity contribution < 1.29 is 0 Å². The first-order chi connectivity index (χ1) is 17.8. The molecule has 0 bridgehead atoms. The van der Waals surface area contributed by atoms with E-state index in [2.05, 4.69) is 83.1 Å². The summed E-state index contributed by atoms with van der Waals surface area (Å²) in [6.45, 7) is 0. The molecule has 1 aliphatic heterocycles. The SMILES string of the molecule is c1ccc(C2=NC(c3ccccc3)N=C(c3ccc(-c4cccc(-c5ccccn5)c4)cc3)N2)cc1. The number of benzene rings is 4. The van der Waals surface area contributed by atoms with Crippen molar-refractivity contribution in [2.45, 2.75) is 6.17 Å². The fourth-order valence-electron chi connectivity index (χ4n) is 4.33. The zero-order valence-electron chi connectivity index (χ0n) is 19.6. The van der Waals surface area contributed by atoms with E-state index < -0.39 is 0 Å². The third-order valence-corrected chi connectivity index (χ3v) is 6.20. The van der Waals surface area contributed by atoms with E-state index in [0.717, 1.165) is 50.7 Å². The largest absolute Gasteiger partial charge is 0.324 e. The second kappa shape index (κ2) is 9.80. The van der Waals surface area contributed by atoms with E-state index in [0.29, 0.717) is 0 Å². The van der Waals surface area contributed by atoms with Gasteiger partial charge in [0, 0.05) is 22.9 Å². The lowest BCUT2D eigenvalue weighted by atomic mass is 10.00. The average Bonchev–Trinajstić information content (AvgIpc) is 2.98. The van der Waals surface area contributed by atoms with Gasteiger partial charge in [0.1, 0.15) is 11.7 Å².